The van der Waals surface area contributed by atoms with Crippen molar-refractivity contribution in [3.8, 4) is 0 Å². The zero-order valence-corrected chi connectivity index (χ0v) is 9.95. The zero-order chi connectivity index (χ0) is 10.2. The van der Waals surface area contributed by atoms with Gasteiger partial charge in [-0.05, 0) is 0 Å². The van der Waals surface area contributed by atoms with E-state index in [4.69, 9.17) is 20.3 Å². The van der Waals surface area contributed by atoms with Crippen molar-refractivity contribution in [2.45, 2.75) is 24.9 Å². The van der Waals surface area contributed by atoms with E-state index in [-0.39, 0.29) is 0 Å². The van der Waals surface area contributed by atoms with Crippen LogP contribution in [0, 0.1) is 0 Å². The maximum atomic E-state index is 5.52. The molecule has 0 spiro atoms. The molecule has 4 nitrogen and oxygen atoms in total. The Morgan fingerprint density at radius 3 is 1.54 bits per heavy atom. The fourth-order valence-corrected chi connectivity index (χ4v) is 4.71. The summed E-state index contributed by atoms with van der Waals surface area (Å²) in [4.78, 5) is 0. The van der Waals surface area contributed by atoms with Gasteiger partial charge in [-0.25, -0.2) is 0 Å². The average molecular weight is 207 g/mol. The van der Waals surface area contributed by atoms with E-state index in [1.807, 2.05) is 0 Å². The van der Waals surface area contributed by atoms with Gasteiger partial charge >= 0.3 is 81.1 Å². The molecule has 0 amide bonds. The Labute approximate surface area is 81.8 Å². The summed E-state index contributed by atoms with van der Waals surface area (Å²) < 4.78 is 11.0. The van der Waals surface area contributed by atoms with Gasteiger partial charge in [0.25, 0.3) is 0 Å². The minimum atomic E-state index is -2.24. The predicted octanol–water partition coefficient (Wildman–Crippen LogP) is 0.151. The zero-order valence-electron chi connectivity index (χ0n) is 8.79. The van der Waals surface area contributed by atoms with Gasteiger partial charge in [0.05, 0.1) is 0 Å². The topological polar surface area (TPSA) is 70.5 Å². The first kappa shape index (κ1) is 13.1. The van der Waals surface area contributed by atoms with Crippen molar-refractivity contribution < 1.29 is 8.85 Å². The Morgan fingerprint density at radius 2 is 1.31 bits per heavy atom. The van der Waals surface area contributed by atoms with E-state index in [2.05, 4.69) is 0 Å². The van der Waals surface area contributed by atoms with Crippen LogP contribution >= 0.6 is 0 Å². The molecule has 4 N–H and O–H groups in total. The number of nitrogens with two attached hydrogens (primary N) is 2. The molecule has 0 saturated heterocycles. The molecular formula is C8H23N2O2Si-. The summed E-state index contributed by atoms with van der Waals surface area (Å²) in [6.07, 6.45) is 1.97. The minimum absolute atomic E-state index is 0.705. The van der Waals surface area contributed by atoms with Crippen molar-refractivity contribution in [2.24, 2.45) is 11.5 Å². The fourth-order valence-electron chi connectivity index (χ4n) is 1.57. The summed E-state index contributed by atoms with van der Waals surface area (Å²) in [5.74, 6) is 0. The van der Waals surface area contributed by atoms with E-state index in [1.165, 1.54) is 0 Å². The van der Waals surface area contributed by atoms with Gasteiger partial charge < -0.3 is 0 Å². The molecule has 0 fully saturated rings. The van der Waals surface area contributed by atoms with Crippen LogP contribution in [-0.2, 0) is 8.85 Å². The van der Waals surface area contributed by atoms with Gasteiger partial charge in [-0.2, -0.15) is 0 Å². The van der Waals surface area contributed by atoms with Crippen molar-refractivity contribution in [1.29, 1.82) is 0 Å². The van der Waals surface area contributed by atoms with Crippen LogP contribution < -0.4 is 11.5 Å². The molecule has 0 atom stereocenters. The van der Waals surface area contributed by atoms with Crippen molar-refractivity contribution in [3.05, 3.63) is 0 Å². The van der Waals surface area contributed by atoms with Gasteiger partial charge in [-0.3, -0.25) is 0 Å². The first-order chi connectivity index (χ1) is 6.24. The Bertz CT molecular complexity index is 111. The van der Waals surface area contributed by atoms with Crippen LogP contribution in [0.1, 0.15) is 12.8 Å². The molecule has 0 aromatic rings. The monoisotopic (exact) mass is 207 g/mol. The summed E-state index contributed by atoms with van der Waals surface area (Å²) in [6.45, 7) is 1.41. The summed E-state index contributed by atoms with van der Waals surface area (Å²) in [5, 5.41) is 0. The van der Waals surface area contributed by atoms with Crippen LogP contribution in [0.15, 0.2) is 0 Å². The van der Waals surface area contributed by atoms with Crippen molar-refractivity contribution in [2.75, 3.05) is 27.3 Å². The first-order valence-electron chi connectivity index (χ1n) is 4.92. The quantitative estimate of drug-likeness (QED) is 0.556. The Morgan fingerprint density at radius 1 is 0.923 bits per heavy atom. The van der Waals surface area contributed by atoms with Crippen LogP contribution in [0.3, 0.4) is 0 Å². The normalized spacial score (nSPS) is 13.2. The maximum absolute atomic E-state index is 5.52. The fraction of sp³-hybridized carbons (Fsp3) is 1.00. The number of rotatable bonds is 8. The molecule has 0 saturated carbocycles. The average Bonchev–Trinajstić information content (AvgIpc) is 2.20. The molecule has 0 unspecified atom stereocenters. The molecule has 0 radical (unpaired) electrons. The summed E-state index contributed by atoms with van der Waals surface area (Å²) in [6, 6.07) is 1.99. The second-order valence-electron chi connectivity index (χ2n) is 3.38. The SMILES string of the molecule is CO[SiH-](CCCN)(CCCN)OC. The molecule has 5 heteroatoms. The van der Waals surface area contributed by atoms with E-state index in [9.17, 15) is 0 Å². The Kier molecular flexibility index (Phi) is 7.49. The standard InChI is InChI=1S/C8H23N2O2Si/c1-11-13(12-2,7-3-5-9)8-4-6-10/h13H,3-10H2,1-2H3/q-1. The first-order valence-corrected chi connectivity index (χ1v) is 7.50. The third-order valence-electron chi connectivity index (χ3n) is 2.56. The third kappa shape index (κ3) is 4.73. The number of hydrogen-bond donors (Lipinski definition) is 2. The second kappa shape index (κ2) is 7.46. The van der Waals surface area contributed by atoms with E-state index in [0.29, 0.717) is 13.1 Å². The van der Waals surface area contributed by atoms with E-state index >= 15 is 0 Å². The summed E-state index contributed by atoms with van der Waals surface area (Å²) in [5.41, 5.74) is 10.9. The molecule has 82 valence electrons. The molecule has 0 bridgehead atoms. The predicted molar refractivity (Wildman–Crippen MR) is 58.1 cm³/mol. The summed E-state index contributed by atoms with van der Waals surface area (Å²) >= 11 is 0. The van der Waals surface area contributed by atoms with Gasteiger partial charge in [-0.15, -0.1) is 0 Å². The summed E-state index contributed by atoms with van der Waals surface area (Å²) in [7, 11) is 1.23. The van der Waals surface area contributed by atoms with Crippen LogP contribution in [0.2, 0.25) is 12.1 Å². The van der Waals surface area contributed by atoms with Crippen molar-refractivity contribution >= 4 is 8.56 Å². The molecule has 0 aliphatic rings. The van der Waals surface area contributed by atoms with Crippen LogP contribution in [0.25, 0.3) is 0 Å². The van der Waals surface area contributed by atoms with Crippen molar-refractivity contribution in [3.63, 3.8) is 0 Å². The van der Waals surface area contributed by atoms with Crippen LogP contribution in [-0.4, -0.2) is 35.9 Å². The van der Waals surface area contributed by atoms with E-state index in [1.54, 1.807) is 14.2 Å². The molecule has 0 aliphatic carbocycles. The molecule has 0 aromatic carbocycles. The van der Waals surface area contributed by atoms with Crippen LogP contribution in [0.5, 0.6) is 0 Å². The number of hydrogen-bond acceptors (Lipinski definition) is 4. The van der Waals surface area contributed by atoms with Gasteiger partial charge in [0.1, 0.15) is 0 Å². The van der Waals surface area contributed by atoms with Gasteiger partial charge in [-0.1, -0.05) is 0 Å². The van der Waals surface area contributed by atoms with Gasteiger partial charge in [0.15, 0.2) is 0 Å². The molecule has 13 heavy (non-hydrogen) atoms. The van der Waals surface area contributed by atoms with Gasteiger partial charge in [0.2, 0.25) is 0 Å². The Balaban J connectivity index is 3.97. The van der Waals surface area contributed by atoms with E-state index in [0.717, 1.165) is 24.9 Å². The van der Waals surface area contributed by atoms with Crippen LogP contribution in [0.4, 0.5) is 0 Å². The molecular weight excluding hydrogens is 184 g/mol. The molecule has 0 rings (SSSR count). The van der Waals surface area contributed by atoms with Crippen molar-refractivity contribution in [1.82, 2.24) is 0 Å². The second-order valence-corrected chi connectivity index (χ2v) is 7.59. The Hall–Kier alpha value is 0.0569. The molecule has 0 aliphatic heterocycles. The van der Waals surface area contributed by atoms with E-state index < -0.39 is 8.56 Å². The molecule has 0 aromatic heterocycles. The van der Waals surface area contributed by atoms with Gasteiger partial charge in [0, 0.05) is 0 Å². The third-order valence-corrected chi connectivity index (χ3v) is 6.85. The molecule has 0 heterocycles.